The van der Waals surface area contributed by atoms with Crippen molar-refractivity contribution in [3.63, 3.8) is 0 Å². The van der Waals surface area contributed by atoms with Gasteiger partial charge in [-0.05, 0) is 59.7 Å². The summed E-state index contributed by atoms with van der Waals surface area (Å²) < 4.78 is 11.7. The number of nitrogens with two attached hydrogens (primary N) is 1. The van der Waals surface area contributed by atoms with Crippen molar-refractivity contribution in [3.05, 3.63) is 21.3 Å². The maximum absolute atomic E-state index is 5.49. The molecule has 16 heavy (non-hydrogen) atoms. The average Bonchev–Trinajstić information content (AvgIpc) is 2.26. The highest BCUT2D eigenvalue weighted by atomic mass is 127. The lowest BCUT2D eigenvalue weighted by molar-refractivity contribution is 0.396. The smallest absolute Gasteiger partial charge is 0.132 e. The van der Waals surface area contributed by atoms with Gasteiger partial charge in [-0.15, -0.1) is 12.4 Å². The predicted molar refractivity (Wildman–Crippen MR) is 76.9 cm³/mol. The molecular formula is C11H17ClINO2. The summed E-state index contributed by atoms with van der Waals surface area (Å²) >= 11 is 2.23. The fraction of sp³-hybridized carbons (Fsp3) is 0.455. The molecule has 0 aliphatic heterocycles. The highest BCUT2D eigenvalue weighted by Gasteiger charge is 2.08. The number of hydrogen-bond acceptors (Lipinski definition) is 3. The second-order valence-corrected chi connectivity index (χ2v) is 4.35. The van der Waals surface area contributed by atoms with Gasteiger partial charge in [0.25, 0.3) is 0 Å². The number of ether oxygens (including phenoxy) is 2. The number of aryl methyl sites for hydroxylation is 1. The van der Waals surface area contributed by atoms with Crippen LogP contribution in [-0.4, -0.2) is 20.8 Å². The molecule has 5 heteroatoms. The molecule has 2 N–H and O–H groups in total. The SMILES string of the molecule is COc1cc(CCCN)c(OC)cc1I.Cl. The van der Waals surface area contributed by atoms with Crippen molar-refractivity contribution in [2.75, 3.05) is 20.8 Å². The van der Waals surface area contributed by atoms with Gasteiger partial charge in [-0.3, -0.25) is 0 Å². The topological polar surface area (TPSA) is 44.5 Å². The molecule has 0 saturated heterocycles. The first kappa shape index (κ1) is 15.8. The standard InChI is InChI=1S/C11H16INO2.ClH/c1-14-10-7-9(12)11(15-2)6-8(10)4-3-5-13;/h6-7H,3-5,13H2,1-2H3;1H. The van der Waals surface area contributed by atoms with Crippen molar-refractivity contribution >= 4 is 35.0 Å². The van der Waals surface area contributed by atoms with Gasteiger partial charge in [0.2, 0.25) is 0 Å². The lowest BCUT2D eigenvalue weighted by atomic mass is 10.1. The Hall–Kier alpha value is -0.200. The fourth-order valence-electron chi connectivity index (χ4n) is 1.41. The first-order valence-electron chi connectivity index (χ1n) is 4.83. The summed E-state index contributed by atoms with van der Waals surface area (Å²) in [5.41, 5.74) is 6.65. The monoisotopic (exact) mass is 357 g/mol. The molecule has 0 amide bonds. The zero-order chi connectivity index (χ0) is 11.3. The second kappa shape index (κ2) is 7.97. The van der Waals surface area contributed by atoms with Crippen LogP contribution >= 0.6 is 35.0 Å². The average molecular weight is 358 g/mol. The largest absolute Gasteiger partial charge is 0.496 e. The molecule has 1 rings (SSSR count). The van der Waals surface area contributed by atoms with Gasteiger partial charge in [-0.2, -0.15) is 0 Å². The van der Waals surface area contributed by atoms with Crippen LogP contribution in [0.3, 0.4) is 0 Å². The van der Waals surface area contributed by atoms with Crippen LogP contribution in [0.2, 0.25) is 0 Å². The van der Waals surface area contributed by atoms with Gasteiger partial charge in [-0.1, -0.05) is 0 Å². The normalized spacial score (nSPS) is 9.50. The van der Waals surface area contributed by atoms with Crippen LogP contribution < -0.4 is 15.2 Å². The molecule has 0 radical (unpaired) electrons. The number of benzene rings is 1. The summed E-state index contributed by atoms with van der Waals surface area (Å²) in [5, 5.41) is 0. The lowest BCUT2D eigenvalue weighted by Gasteiger charge is -2.11. The Morgan fingerprint density at radius 1 is 1.19 bits per heavy atom. The van der Waals surface area contributed by atoms with E-state index in [1.807, 2.05) is 12.1 Å². The van der Waals surface area contributed by atoms with Crippen molar-refractivity contribution in [1.29, 1.82) is 0 Å². The Morgan fingerprint density at radius 3 is 2.31 bits per heavy atom. The summed E-state index contributed by atoms with van der Waals surface area (Å²) in [7, 11) is 3.36. The molecule has 0 saturated carbocycles. The minimum Gasteiger partial charge on any atom is -0.496 e. The molecule has 0 aromatic heterocycles. The zero-order valence-electron chi connectivity index (χ0n) is 9.46. The highest BCUT2D eigenvalue weighted by Crippen LogP contribution is 2.30. The van der Waals surface area contributed by atoms with Crippen LogP contribution in [0.5, 0.6) is 11.5 Å². The summed E-state index contributed by atoms with van der Waals surface area (Å²) in [6, 6.07) is 4.02. The first-order chi connectivity index (χ1) is 7.22. The van der Waals surface area contributed by atoms with E-state index in [1.54, 1.807) is 14.2 Å². The molecule has 3 nitrogen and oxygen atoms in total. The van der Waals surface area contributed by atoms with Crippen LogP contribution in [0.15, 0.2) is 12.1 Å². The molecule has 0 aliphatic carbocycles. The molecule has 1 aromatic rings. The summed E-state index contributed by atoms with van der Waals surface area (Å²) in [5.74, 6) is 1.80. The van der Waals surface area contributed by atoms with Crippen LogP contribution in [0.25, 0.3) is 0 Å². The minimum atomic E-state index is 0. The van der Waals surface area contributed by atoms with E-state index in [1.165, 1.54) is 0 Å². The van der Waals surface area contributed by atoms with Crippen LogP contribution in [-0.2, 0) is 6.42 Å². The van der Waals surface area contributed by atoms with Crippen molar-refractivity contribution in [1.82, 2.24) is 0 Å². The van der Waals surface area contributed by atoms with Crippen molar-refractivity contribution in [2.24, 2.45) is 5.73 Å². The van der Waals surface area contributed by atoms with E-state index in [9.17, 15) is 0 Å². The Balaban J connectivity index is 0.00000225. The number of methoxy groups -OCH3 is 2. The van der Waals surface area contributed by atoms with E-state index in [0.29, 0.717) is 6.54 Å². The van der Waals surface area contributed by atoms with Gasteiger partial charge >= 0.3 is 0 Å². The van der Waals surface area contributed by atoms with E-state index in [-0.39, 0.29) is 12.4 Å². The molecule has 0 bridgehead atoms. The summed E-state index contributed by atoms with van der Waals surface area (Å²) in [6.45, 7) is 0.692. The van der Waals surface area contributed by atoms with Crippen LogP contribution in [0.4, 0.5) is 0 Å². The van der Waals surface area contributed by atoms with Gasteiger partial charge in [-0.25, -0.2) is 0 Å². The van der Waals surface area contributed by atoms with Gasteiger partial charge in [0.1, 0.15) is 11.5 Å². The Morgan fingerprint density at radius 2 is 1.81 bits per heavy atom. The third-order valence-corrected chi connectivity index (χ3v) is 3.05. The Labute approximate surface area is 116 Å². The fourth-order valence-corrected chi connectivity index (χ4v) is 2.07. The third-order valence-electron chi connectivity index (χ3n) is 2.21. The van der Waals surface area contributed by atoms with Crippen molar-refractivity contribution < 1.29 is 9.47 Å². The lowest BCUT2D eigenvalue weighted by Crippen LogP contribution is -2.02. The summed E-state index contributed by atoms with van der Waals surface area (Å²) in [4.78, 5) is 0. The zero-order valence-corrected chi connectivity index (χ0v) is 12.4. The first-order valence-corrected chi connectivity index (χ1v) is 5.91. The Kier molecular flexibility index (Phi) is 7.87. The second-order valence-electron chi connectivity index (χ2n) is 3.19. The van der Waals surface area contributed by atoms with E-state index >= 15 is 0 Å². The molecular weight excluding hydrogens is 340 g/mol. The third kappa shape index (κ3) is 3.99. The van der Waals surface area contributed by atoms with Crippen LogP contribution in [0.1, 0.15) is 12.0 Å². The number of halogens is 2. The molecule has 0 heterocycles. The molecule has 0 aliphatic rings. The van der Waals surface area contributed by atoms with E-state index in [0.717, 1.165) is 33.5 Å². The molecule has 92 valence electrons. The molecule has 0 unspecified atom stereocenters. The molecule has 1 aromatic carbocycles. The maximum Gasteiger partial charge on any atom is 0.132 e. The predicted octanol–water partition coefficient (Wildman–Crippen LogP) is 2.62. The van der Waals surface area contributed by atoms with Crippen LogP contribution in [0, 0.1) is 3.57 Å². The van der Waals surface area contributed by atoms with Gasteiger partial charge in [0.05, 0.1) is 17.8 Å². The molecule has 0 atom stereocenters. The van der Waals surface area contributed by atoms with Crippen molar-refractivity contribution in [3.8, 4) is 11.5 Å². The Bertz CT molecular complexity index is 334. The maximum atomic E-state index is 5.49. The quantitative estimate of drug-likeness (QED) is 0.824. The van der Waals surface area contributed by atoms with Gasteiger partial charge in [0.15, 0.2) is 0 Å². The van der Waals surface area contributed by atoms with Crippen molar-refractivity contribution in [2.45, 2.75) is 12.8 Å². The minimum absolute atomic E-state index is 0. The molecule has 0 spiro atoms. The van der Waals surface area contributed by atoms with Gasteiger partial charge in [0, 0.05) is 0 Å². The number of rotatable bonds is 5. The summed E-state index contributed by atoms with van der Waals surface area (Å²) in [6.07, 6.45) is 1.88. The van der Waals surface area contributed by atoms with E-state index in [2.05, 4.69) is 22.6 Å². The van der Waals surface area contributed by atoms with Gasteiger partial charge < -0.3 is 15.2 Å². The van der Waals surface area contributed by atoms with E-state index in [4.69, 9.17) is 15.2 Å². The highest BCUT2D eigenvalue weighted by molar-refractivity contribution is 14.1. The molecule has 0 fully saturated rings. The van der Waals surface area contributed by atoms with E-state index < -0.39 is 0 Å². The number of hydrogen-bond donors (Lipinski definition) is 1.